The maximum absolute atomic E-state index is 12.7. The van der Waals surface area contributed by atoms with Crippen LogP contribution in [0.3, 0.4) is 0 Å². The Bertz CT molecular complexity index is 1630. The number of nitrogens with zero attached hydrogens (tertiary/aromatic N) is 4. The Morgan fingerprint density at radius 2 is 1.90 bits per heavy atom. The first-order valence-corrected chi connectivity index (χ1v) is 14.8. The SMILES string of the molecule is COc1ccc(-c2nnc(SCC(=O)Nc3ccc(S(=O)(=O)Nc4nccs4)cc3)n2Cc2ccco2)cc1. The molecule has 0 aliphatic heterocycles. The van der Waals surface area contributed by atoms with E-state index in [0.29, 0.717) is 23.2 Å². The van der Waals surface area contributed by atoms with Gasteiger partial charge in [-0.1, -0.05) is 11.8 Å². The van der Waals surface area contributed by atoms with Crippen molar-refractivity contribution in [1.29, 1.82) is 0 Å². The average molecular weight is 583 g/mol. The van der Waals surface area contributed by atoms with Gasteiger partial charge in [0.1, 0.15) is 11.5 Å². The Balaban J connectivity index is 1.25. The fourth-order valence-corrected chi connectivity index (χ4v) is 6.07. The topological polar surface area (TPSA) is 141 Å². The van der Waals surface area contributed by atoms with Gasteiger partial charge in [-0.3, -0.25) is 14.1 Å². The normalized spacial score (nSPS) is 11.3. The van der Waals surface area contributed by atoms with Gasteiger partial charge in [0, 0.05) is 22.8 Å². The minimum Gasteiger partial charge on any atom is -0.497 e. The number of rotatable bonds is 11. The number of ether oxygens (including phenoxy) is 1. The molecule has 3 heterocycles. The number of furan rings is 1. The van der Waals surface area contributed by atoms with E-state index in [9.17, 15) is 13.2 Å². The maximum Gasteiger partial charge on any atom is 0.263 e. The van der Waals surface area contributed by atoms with Gasteiger partial charge in [0.2, 0.25) is 5.91 Å². The van der Waals surface area contributed by atoms with Crippen LogP contribution in [0, 0.1) is 0 Å². The minimum atomic E-state index is -3.78. The zero-order chi connectivity index (χ0) is 27.2. The molecule has 3 aromatic heterocycles. The van der Waals surface area contributed by atoms with E-state index in [1.807, 2.05) is 34.9 Å². The van der Waals surface area contributed by atoms with Crippen molar-refractivity contribution in [3.8, 4) is 17.1 Å². The molecule has 0 atom stereocenters. The number of amides is 1. The lowest BCUT2D eigenvalue weighted by atomic mass is 10.2. The number of carbonyl (C=O) groups excluding carboxylic acids is 1. The molecule has 200 valence electrons. The van der Waals surface area contributed by atoms with Crippen LogP contribution in [-0.4, -0.2) is 46.9 Å². The van der Waals surface area contributed by atoms with Gasteiger partial charge >= 0.3 is 0 Å². The van der Waals surface area contributed by atoms with Crippen molar-refractivity contribution >= 4 is 49.8 Å². The Hall–Kier alpha value is -4.14. The lowest BCUT2D eigenvalue weighted by molar-refractivity contribution is -0.113. The van der Waals surface area contributed by atoms with Crippen molar-refractivity contribution in [3.05, 3.63) is 84.3 Å². The molecular formula is C25H22N6O5S3. The summed E-state index contributed by atoms with van der Waals surface area (Å²) in [5.74, 6) is 1.85. The third-order valence-electron chi connectivity index (χ3n) is 5.39. The van der Waals surface area contributed by atoms with Gasteiger partial charge in [0.15, 0.2) is 16.1 Å². The largest absolute Gasteiger partial charge is 0.497 e. The molecule has 0 saturated carbocycles. The van der Waals surface area contributed by atoms with E-state index in [0.717, 1.165) is 17.1 Å². The third-order valence-corrected chi connectivity index (χ3v) is 8.53. The molecule has 0 aliphatic carbocycles. The van der Waals surface area contributed by atoms with Crippen molar-refractivity contribution in [1.82, 2.24) is 19.7 Å². The van der Waals surface area contributed by atoms with Crippen LogP contribution in [0.15, 0.2) is 93.0 Å². The fourth-order valence-electron chi connectivity index (χ4n) is 3.54. The number of sulfonamides is 1. The number of thiazole rings is 1. The van der Waals surface area contributed by atoms with Crippen LogP contribution in [0.25, 0.3) is 11.4 Å². The molecule has 1 amide bonds. The molecular weight excluding hydrogens is 561 g/mol. The number of carbonyl (C=O) groups is 1. The molecule has 0 unspecified atom stereocenters. The van der Waals surface area contributed by atoms with Crippen LogP contribution in [0.2, 0.25) is 0 Å². The van der Waals surface area contributed by atoms with E-state index in [-0.39, 0.29) is 21.7 Å². The molecule has 2 N–H and O–H groups in total. The van der Waals surface area contributed by atoms with E-state index < -0.39 is 10.0 Å². The first-order valence-electron chi connectivity index (χ1n) is 11.5. The molecule has 5 rings (SSSR count). The fraction of sp³-hybridized carbons (Fsp3) is 0.120. The second-order valence-electron chi connectivity index (χ2n) is 8.00. The lowest BCUT2D eigenvalue weighted by Gasteiger charge is -2.10. The van der Waals surface area contributed by atoms with Crippen LogP contribution in [0.5, 0.6) is 5.75 Å². The molecule has 5 aromatic rings. The first kappa shape index (κ1) is 26.5. The highest BCUT2D eigenvalue weighted by Gasteiger charge is 2.18. The highest BCUT2D eigenvalue weighted by molar-refractivity contribution is 7.99. The number of nitrogens with one attached hydrogen (secondary N) is 2. The summed E-state index contributed by atoms with van der Waals surface area (Å²) in [6.07, 6.45) is 3.11. The number of hydrogen-bond acceptors (Lipinski definition) is 10. The molecule has 0 aliphatic rings. The van der Waals surface area contributed by atoms with Gasteiger partial charge < -0.3 is 14.5 Å². The van der Waals surface area contributed by atoms with Crippen LogP contribution in [0.4, 0.5) is 10.8 Å². The van der Waals surface area contributed by atoms with E-state index >= 15 is 0 Å². The molecule has 14 heteroatoms. The Morgan fingerprint density at radius 3 is 2.56 bits per heavy atom. The van der Waals surface area contributed by atoms with Gasteiger partial charge in [-0.2, -0.15) is 0 Å². The molecule has 0 saturated heterocycles. The highest BCUT2D eigenvalue weighted by Crippen LogP contribution is 2.27. The summed E-state index contributed by atoms with van der Waals surface area (Å²) >= 11 is 2.41. The third kappa shape index (κ3) is 6.47. The van der Waals surface area contributed by atoms with Crippen molar-refractivity contribution in [2.75, 3.05) is 22.9 Å². The van der Waals surface area contributed by atoms with Crippen molar-refractivity contribution < 1.29 is 22.4 Å². The zero-order valence-corrected chi connectivity index (χ0v) is 22.9. The minimum absolute atomic E-state index is 0.0576. The highest BCUT2D eigenvalue weighted by atomic mass is 32.2. The van der Waals surface area contributed by atoms with Crippen molar-refractivity contribution in [2.24, 2.45) is 0 Å². The number of benzene rings is 2. The maximum atomic E-state index is 12.7. The molecule has 0 bridgehead atoms. The summed E-state index contributed by atoms with van der Waals surface area (Å²) in [4.78, 5) is 16.7. The van der Waals surface area contributed by atoms with E-state index in [1.165, 1.54) is 53.6 Å². The monoisotopic (exact) mass is 582 g/mol. The van der Waals surface area contributed by atoms with Crippen LogP contribution < -0.4 is 14.8 Å². The molecule has 0 fully saturated rings. The Morgan fingerprint density at radius 1 is 1.10 bits per heavy atom. The van der Waals surface area contributed by atoms with Gasteiger partial charge in [0.25, 0.3) is 10.0 Å². The smallest absolute Gasteiger partial charge is 0.263 e. The summed E-state index contributed by atoms with van der Waals surface area (Å²) < 4.78 is 40.1. The van der Waals surface area contributed by atoms with Gasteiger partial charge in [0.05, 0.1) is 30.6 Å². The van der Waals surface area contributed by atoms with Gasteiger partial charge in [-0.15, -0.1) is 21.5 Å². The summed E-state index contributed by atoms with van der Waals surface area (Å²) in [6, 6.07) is 17.0. The summed E-state index contributed by atoms with van der Waals surface area (Å²) in [5.41, 5.74) is 1.30. The number of hydrogen-bond donors (Lipinski definition) is 2. The van der Waals surface area contributed by atoms with E-state index in [2.05, 4.69) is 25.2 Å². The number of anilines is 2. The lowest BCUT2D eigenvalue weighted by Crippen LogP contribution is -2.15. The van der Waals surface area contributed by atoms with E-state index in [4.69, 9.17) is 9.15 Å². The average Bonchev–Trinajstić information content (AvgIpc) is 3.72. The van der Waals surface area contributed by atoms with Crippen LogP contribution in [0.1, 0.15) is 5.76 Å². The van der Waals surface area contributed by atoms with Gasteiger partial charge in [-0.05, 0) is 60.7 Å². The number of thioether (sulfide) groups is 1. The summed E-state index contributed by atoms with van der Waals surface area (Å²) in [6.45, 7) is 0.385. The van der Waals surface area contributed by atoms with Crippen LogP contribution >= 0.6 is 23.1 Å². The summed E-state index contributed by atoms with van der Waals surface area (Å²) in [5, 5.41) is 13.9. The predicted octanol–water partition coefficient (Wildman–Crippen LogP) is 4.58. The number of aromatic nitrogens is 4. The van der Waals surface area contributed by atoms with Crippen LogP contribution in [-0.2, 0) is 21.4 Å². The summed E-state index contributed by atoms with van der Waals surface area (Å²) in [7, 11) is -2.17. The second kappa shape index (κ2) is 11.7. The Kier molecular flexibility index (Phi) is 7.95. The molecule has 0 radical (unpaired) electrons. The number of methoxy groups -OCH3 is 1. The van der Waals surface area contributed by atoms with Gasteiger partial charge in [-0.25, -0.2) is 13.4 Å². The Labute approximate surface area is 232 Å². The molecule has 11 nitrogen and oxygen atoms in total. The second-order valence-corrected chi connectivity index (χ2v) is 11.5. The van der Waals surface area contributed by atoms with Crippen molar-refractivity contribution in [2.45, 2.75) is 16.6 Å². The van der Waals surface area contributed by atoms with Crippen molar-refractivity contribution in [3.63, 3.8) is 0 Å². The standard InChI is InChI=1S/C25H22N6O5S3/c1-35-19-8-4-17(5-9-19)23-28-29-25(31(23)15-20-3-2-13-36-20)38-16-22(32)27-18-6-10-21(11-7-18)39(33,34)30-24-26-12-14-37-24/h2-14H,15-16H2,1H3,(H,26,30)(H,27,32). The predicted molar refractivity (Wildman–Crippen MR) is 149 cm³/mol. The quantitative estimate of drug-likeness (QED) is 0.214. The zero-order valence-electron chi connectivity index (χ0n) is 20.5. The first-order chi connectivity index (χ1) is 18.9. The molecule has 39 heavy (non-hydrogen) atoms. The molecule has 0 spiro atoms. The molecule has 2 aromatic carbocycles. The van der Waals surface area contributed by atoms with E-state index in [1.54, 1.807) is 24.8 Å².